The van der Waals surface area contributed by atoms with Gasteiger partial charge < -0.3 is 19.5 Å². The Bertz CT molecular complexity index is 531. The molecule has 1 aliphatic rings. The maximum atomic E-state index is 12.1. The molecule has 2 rings (SSSR count). The van der Waals surface area contributed by atoms with E-state index in [-0.39, 0.29) is 25.7 Å². The number of carbonyl (C=O) groups is 2. The van der Waals surface area contributed by atoms with Gasteiger partial charge in [0.1, 0.15) is 11.7 Å². The van der Waals surface area contributed by atoms with Crippen LogP contribution in [-0.2, 0) is 14.3 Å². The largest absolute Gasteiger partial charge is 0.484 e. The van der Waals surface area contributed by atoms with Crippen LogP contribution in [0.15, 0.2) is 24.3 Å². The fourth-order valence-corrected chi connectivity index (χ4v) is 2.30. The molecule has 21 heavy (non-hydrogen) atoms. The van der Waals surface area contributed by atoms with Crippen molar-refractivity contribution in [2.24, 2.45) is 5.92 Å². The van der Waals surface area contributed by atoms with Gasteiger partial charge in [-0.05, 0) is 24.6 Å². The highest BCUT2D eigenvalue weighted by atomic mass is 16.5. The molecule has 1 amide bonds. The molecule has 1 heterocycles. The predicted molar refractivity (Wildman–Crippen MR) is 75.2 cm³/mol. The monoisotopic (exact) mass is 293 g/mol. The minimum absolute atomic E-state index is 0.122. The van der Waals surface area contributed by atoms with Gasteiger partial charge in [0.15, 0.2) is 6.61 Å². The molecule has 0 radical (unpaired) electrons. The van der Waals surface area contributed by atoms with Crippen LogP contribution in [-0.4, -0.2) is 54.8 Å². The highest BCUT2D eigenvalue weighted by molar-refractivity contribution is 5.79. The molecular weight excluding hydrogens is 274 g/mol. The Morgan fingerprint density at radius 2 is 2.19 bits per heavy atom. The first-order valence-electron chi connectivity index (χ1n) is 6.74. The number of likely N-dealkylation sites (N-methyl/N-ethyl adjacent to an activating group) is 1. The number of nitrogens with zero attached hydrogens (tertiary/aromatic N) is 1. The molecule has 1 N–H and O–H groups in total. The van der Waals surface area contributed by atoms with Crippen molar-refractivity contribution < 1.29 is 24.2 Å². The lowest BCUT2D eigenvalue weighted by molar-refractivity contribution is -0.144. The van der Waals surface area contributed by atoms with Gasteiger partial charge in [-0.3, -0.25) is 9.59 Å². The highest BCUT2D eigenvalue weighted by Crippen LogP contribution is 2.19. The van der Waals surface area contributed by atoms with Gasteiger partial charge in [-0.2, -0.15) is 0 Å². The molecule has 0 saturated carbocycles. The van der Waals surface area contributed by atoms with Crippen LogP contribution in [0.25, 0.3) is 0 Å². The minimum atomic E-state index is -0.947. The second-order valence-electron chi connectivity index (χ2n) is 5.16. The lowest BCUT2D eigenvalue weighted by Crippen LogP contribution is -2.45. The van der Waals surface area contributed by atoms with Crippen molar-refractivity contribution in [3.05, 3.63) is 29.8 Å². The van der Waals surface area contributed by atoms with E-state index in [9.17, 15) is 9.59 Å². The Hall–Kier alpha value is -2.08. The summed E-state index contributed by atoms with van der Waals surface area (Å²) in [6.07, 6.45) is 0. The minimum Gasteiger partial charge on any atom is -0.484 e. The number of carboxylic acids is 1. The van der Waals surface area contributed by atoms with Crippen molar-refractivity contribution in [1.82, 2.24) is 4.90 Å². The standard InChI is InChI=1S/C15H19NO5/c1-10-4-3-5-11(6-10)21-9-14(17)16(2)13-8-20-7-12(13)15(18)19/h3-6,12-13H,7-9H2,1-2H3,(H,18,19). The molecule has 1 fully saturated rings. The normalized spacial score (nSPS) is 21.0. The van der Waals surface area contributed by atoms with Crippen LogP contribution in [0, 0.1) is 12.8 Å². The third kappa shape index (κ3) is 3.72. The zero-order chi connectivity index (χ0) is 15.4. The molecule has 2 unspecified atom stereocenters. The number of amides is 1. The molecule has 0 spiro atoms. The van der Waals surface area contributed by atoms with Crippen LogP contribution in [0.5, 0.6) is 5.75 Å². The summed E-state index contributed by atoms with van der Waals surface area (Å²) in [5.41, 5.74) is 1.04. The van der Waals surface area contributed by atoms with Crippen molar-refractivity contribution in [3.63, 3.8) is 0 Å². The van der Waals surface area contributed by atoms with Gasteiger partial charge in [-0.1, -0.05) is 12.1 Å². The summed E-state index contributed by atoms with van der Waals surface area (Å²) in [5, 5.41) is 9.10. The molecule has 1 saturated heterocycles. The summed E-state index contributed by atoms with van der Waals surface area (Å²) in [5.74, 6) is -1.28. The second kappa shape index (κ2) is 6.58. The van der Waals surface area contributed by atoms with E-state index in [2.05, 4.69) is 0 Å². The van der Waals surface area contributed by atoms with Gasteiger partial charge in [0.2, 0.25) is 0 Å². The van der Waals surface area contributed by atoms with E-state index in [4.69, 9.17) is 14.6 Å². The third-order valence-electron chi connectivity index (χ3n) is 3.61. The van der Waals surface area contributed by atoms with Crippen LogP contribution >= 0.6 is 0 Å². The predicted octanol–water partition coefficient (Wildman–Crippen LogP) is 0.932. The molecule has 1 aromatic rings. The molecule has 1 aromatic carbocycles. The van der Waals surface area contributed by atoms with Gasteiger partial charge >= 0.3 is 5.97 Å². The Kier molecular flexibility index (Phi) is 4.80. The summed E-state index contributed by atoms with van der Waals surface area (Å²) in [4.78, 5) is 24.6. The van der Waals surface area contributed by atoms with Crippen molar-refractivity contribution in [1.29, 1.82) is 0 Å². The number of benzene rings is 1. The molecule has 0 aliphatic carbocycles. The van der Waals surface area contributed by atoms with Crippen molar-refractivity contribution >= 4 is 11.9 Å². The smallest absolute Gasteiger partial charge is 0.311 e. The first-order chi connectivity index (χ1) is 9.99. The Labute approximate surface area is 123 Å². The van der Waals surface area contributed by atoms with E-state index in [1.165, 1.54) is 4.90 Å². The van der Waals surface area contributed by atoms with Gasteiger partial charge in [0.25, 0.3) is 5.91 Å². The number of rotatable bonds is 5. The first kappa shape index (κ1) is 15.3. The molecule has 6 nitrogen and oxygen atoms in total. The molecule has 0 bridgehead atoms. The number of aliphatic carboxylic acids is 1. The Morgan fingerprint density at radius 1 is 1.43 bits per heavy atom. The van der Waals surface area contributed by atoms with E-state index in [0.717, 1.165) is 5.56 Å². The van der Waals surface area contributed by atoms with E-state index >= 15 is 0 Å². The van der Waals surface area contributed by atoms with E-state index in [0.29, 0.717) is 5.75 Å². The van der Waals surface area contributed by atoms with Crippen LogP contribution in [0.1, 0.15) is 5.56 Å². The van der Waals surface area contributed by atoms with Gasteiger partial charge in [0.05, 0.1) is 19.3 Å². The van der Waals surface area contributed by atoms with Crippen molar-refractivity contribution in [2.75, 3.05) is 26.9 Å². The summed E-state index contributed by atoms with van der Waals surface area (Å²) >= 11 is 0. The fourth-order valence-electron chi connectivity index (χ4n) is 2.30. The van der Waals surface area contributed by atoms with Crippen LogP contribution in [0.3, 0.4) is 0 Å². The zero-order valence-corrected chi connectivity index (χ0v) is 12.1. The maximum absolute atomic E-state index is 12.1. The SMILES string of the molecule is Cc1cccc(OCC(=O)N(C)C2COCC2C(=O)O)c1. The number of ether oxygens (including phenoxy) is 2. The summed E-state index contributed by atoms with van der Waals surface area (Å²) in [6, 6.07) is 6.96. The molecule has 1 aliphatic heterocycles. The highest BCUT2D eigenvalue weighted by Gasteiger charge is 2.38. The van der Waals surface area contributed by atoms with Crippen LogP contribution < -0.4 is 4.74 Å². The summed E-state index contributed by atoms with van der Waals surface area (Å²) < 4.78 is 10.6. The van der Waals surface area contributed by atoms with Crippen molar-refractivity contribution in [2.45, 2.75) is 13.0 Å². The van der Waals surface area contributed by atoms with Gasteiger partial charge in [0, 0.05) is 7.05 Å². The topological polar surface area (TPSA) is 76.1 Å². The lowest BCUT2D eigenvalue weighted by atomic mass is 10.0. The van der Waals surface area contributed by atoms with Crippen LogP contribution in [0.2, 0.25) is 0 Å². The summed E-state index contributed by atoms with van der Waals surface area (Å²) in [7, 11) is 1.58. The Balaban J connectivity index is 1.92. The zero-order valence-electron chi connectivity index (χ0n) is 12.1. The van der Waals surface area contributed by atoms with Crippen molar-refractivity contribution in [3.8, 4) is 5.75 Å². The number of carboxylic acid groups (broad SMARTS) is 1. The van der Waals surface area contributed by atoms with Gasteiger partial charge in [-0.25, -0.2) is 0 Å². The molecule has 0 aromatic heterocycles. The number of hydrogen-bond acceptors (Lipinski definition) is 4. The quantitative estimate of drug-likeness (QED) is 0.874. The summed E-state index contributed by atoms with van der Waals surface area (Å²) in [6.45, 7) is 2.19. The van der Waals surface area contributed by atoms with Gasteiger partial charge in [-0.15, -0.1) is 0 Å². The Morgan fingerprint density at radius 3 is 2.86 bits per heavy atom. The second-order valence-corrected chi connectivity index (χ2v) is 5.16. The van der Waals surface area contributed by atoms with E-state index < -0.39 is 17.9 Å². The molecule has 6 heteroatoms. The number of aryl methyl sites for hydroxylation is 1. The molecule has 114 valence electrons. The molecule has 2 atom stereocenters. The third-order valence-corrected chi connectivity index (χ3v) is 3.61. The average molecular weight is 293 g/mol. The molecular formula is C15H19NO5. The van der Waals surface area contributed by atoms with Crippen LogP contribution in [0.4, 0.5) is 0 Å². The first-order valence-corrected chi connectivity index (χ1v) is 6.74. The fraction of sp³-hybridized carbons (Fsp3) is 0.467. The lowest BCUT2D eigenvalue weighted by Gasteiger charge is -2.26. The number of hydrogen-bond donors (Lipinski definition) is 1. The number of carbonyl (C=O) groups excluding carboxylic acids is 1. The maximum Gasteiger partial charge on any atom is 0.311 e. The average Bonchev–Trinajstić information content (AvgIpc) is 2.93. The van der Waals surface area contributed by atoms with E-state index in [1.54, 1.807) is 13.1 Å². The van der Waals surface area contributed by atoms with E-state index in [1.807, 2.05) is 25.1 Å².